The number of carbonyl (C=O) groups excluding carboxylic acids is 1. The largest absolute Gasteiger partial charge is 0.352 e. The predicted octanol–water partition coefficient (Wildman–Crippen LogP) is 2.98. The standard InChI is InChI=1S/C23H30N4O2/c1-4-14-26-20-11-7-8-12-21(20)27(23(26)29)15-13-22(28)24-16-18-9-5-6-10-19(18)17-25(2)3/h5-12H,4,13-17H2,1-3H3,(H,24,28). The second kappa shape index (κ2) is 9.56. The zero-order chi connectivity index (χ0) is 20.8. The summed E-state index contributed by atoms with van der Waals surface area (Å²) in [6.45, 7) is 4.44. The molecule has 154 valence electrons. The average molecular weight is 395 g/mol. The zero-order valence-electron chi connectivity index (χ0n) is 17.5. The molecule has 2 aromatic carbocycles. The monoisotopic (exact) mass is 394 g/mol. The van der Waals surface area contributed by atoms with E-state index in [-0.39, 0.29) is 18.0 Å². The Morgan fingerprint density at radius 1 is 0.931 bits per heavy atom. The fourth-order valence-corrected chi connectivity index (χ4v) is 3.65. The van der Waals surface area contributed by atoms with Gasteiger partial charge in [-0.3, -0.25) is 13.9 Å². The molecule has 6 heteroatoms. The van der Waals surface area contributed by atoms with Crippen LogP contribution in [0.15, 0.2) is 53.3 Å². The van der Waals surface area contributed by atoms with E-state index >= 15 is 0 Å². The Morgan fingerprint density at radius 3 is 2.14 bits per heavy atom. The van der Waals surface area contributed by atoms with Crippen molar-refractivity contribution in [2.45, 2.75) is 45.9 Å². The first kappa shape index (κ1) is 20.9. The summed E-state index contributed by atoms with van der Waals surface area (Å²) < 4.78 is 3.51. The van der Waals surface area contributed by atoms with Gasteiger partial charge in [-0.25, -0.2) is 4.79 Å². The molecule has 29 heavy (non-hydrogen) atoms. The lowest BCUT2D eigenvalue weighted by molar-refractivity contribution is -0.121. The van der Waals surface area contributed by atoms with Crippen molar-refractivity contribution in [2.24, 2.45) is 0 Å². The number of amides is 1. The van der Waals surface area contributed by atoms with E-state index in [0.29, 0.717) is 19.6 Å². The minimum absolute atomic E-state index is 0.0443. The van der Waals surface area contributed by atoms with Crippen LogP contribution in [0.1, 0.15) is 30.9 Å². The van der Waals surface area contributed by atoms with Crippen LogP contribution >= 0.6 is 0 Å². The average Bonchev–Trinajstić information content (AvgIpc) is 2.97. The van der Waals surface area contributed by atoms with Gasteiger partial charge in [0.05, 0.1) is 11.0 Å². The number of hydrogen-bond acceptors (Lipinski definition) is 3. The number of fused-ring (bicyclic) bond motifs is 1. The summed E-state index contributed by atoms with van der Waals surface area (Å²) >= 11 is 0. The fourth-order valence-electron chi connectivity index (χ4n) is 3.65. The number of aryl methyl sites for hydroxylation is 2. The highest BCUT2D eigenvalue weighted by Gasteiger charge is 2.13. The minimum atomic E-state index is -0.0520. The first-order valence-electron chi connectivity index (χ1n) is 10.2. The summed E-state index contributed by atoms with van der Waals surface area (Å²) in [6.07, 6.45) is 1.16. The van der Waals surface area contributed by atoms with Crippen LogP contribution in [0.25, 0.3) is 11.0 Å². The molecule has 0 spiro atoms. The number of nitrogens with zero attached hydrogens (tertiary/aromatic N) is 3. The zero-order valence-corrected chi connectivity index (χ0v) is 17.5. The van der Waals surface area contributed by atoms with Gasteiger partial charge < -0.3 is 10.2 Å². The van der Waals surface area contributed by atoms with E-state index in [1.54, 1.807) is 9.13 Å². The van der Waals surface area contributed by atoms with Crippen molar-refractivity contribution in [2.75, 3.05) is 14.1 Å². The van der Waals surface area contributed by atoms with Crippen molar-refractivity contribution >= 4 is 16.9 Å². The number of nitrogens with one attached hydrogen (secondary N) is 1. The van der Waals surface area contributed by atoms with Crippen LogP contribution in [0.4, 0.5) is 0 Å². The third kappa shape index (κ3) is 4.95. The molecule has 0 radical (unpaired) electrons. The Bertz CT molecular complexity index is 1030. The molecule has 1 amide bonds. The van der Waals surface area contributed by atoms with Gasteiger partial charge in [0.1, 0.15) is 0 Å². The number of para-hydroxylation sites is 2. The minimum Gasteiger partial charge on any atom is -0.352 e. The van der Waals surface area contributed by atoms with Crippen LogP contribution in [0.3, 0.4) is 0 Å². The molecule has 0 aliphatic heterocycles. The second-order valence-electron chi connectivity index (χ2n) is 7.61. The lowest BCUT2D eigenvalue weighted by atomic mass is 10.1. The van der Waals surface area contributed by atoms with Crippen molar-refractivity contribution in [1.82, 2.24) is 19.4 Å². The molecule has 0 saturated carbocycles. The van der Waals surface area contributed by atoms with Gasteiger partial charge in [-0.15, -0.1) is 0 Å². The van der Waals surface area contributed by atoms with Gasteiger partial charge in [0, 0.05) is 32.6 Å². The number of benzene rings is 2. The summed E-state index contributed by atoms with van der Waals surface area (Å²) in [5.41, 5.74) is 4.09. The van der Waals surface area contributed by atoms with Crippen molar-refractivity contribution in [3.05, 3.63) is 70.1 Å². The molecule has 0 atom stereocenters. The van der Waals surface area contributed by atoms with Crippen LogP contribution in [-0.2, 0) is 31.0 Å². The highest BCUT2D eigenvalue weighted by atomic mass is 16.2. The first-order valence-corrected chi connectivity index (χ1v) is 10.2. The van der Waals surface area contributed by atoms with Gasteiger partial charge in [0.25, 0.3) is 0 Å². The molecular formula is C23H30N4O2. The number of rotatable bonds is 9. The Hall–Kier alpha value is -2.86. The molecule has 0 bridgehead atoms. The number of carbonyl (C=O) groups is 1. The topological polar surface area (TPSA) is 59.3 Å². The van der Waals surface area contributed by atoms with Gasteiger partial charge >= 0.3 is 5.69 Å². The third-order valence-corrected chi connectivity index (χ3v) is 5.02. The van der Waals surface area contributed by atoms with E-state index in [0.717, 1.165) is 29.6 Å². The van der Waals surface area contributed by atoms with Gasteiger partial charge in [-0.05, 0) is 43.8 Å². The van der Waals surface area contributed by atoms with Crippen LogP contribution in [0.5, 0.6) is 0 Å². The summed E-state index contributed by atoms with van der Waals surface area (Å²) in [5, 5.41) is 3.00. The quantitative estimate of drug-likeness (QED) is 0.607. The van der Waals surface area contributed by atoms with E-state index in [9.17, 15) is 9.59 Å². The molecule has 1 N–H and O–H groups in total. The molecule has 0 fully saturated rings. The SMILES string of the molecule is CCCn1c(=O)n(CCC(=O)NCc2ccccc2CN(C)C)c2ccccc21. The smallest absolute Gasteiger partial charge is 0.329 e. The van der Waals surface area contributed by atoms with Crippen molar-refractivity contribution < 1.29 is 4.79 Å². The van der Waals surface area contributed by atoms with Crippen LogP contribution in [0.2, 0.25) is 0 Å². The molecule has 0 aliphatic carbocycles. The molecule has 1 heterocycles. The maximum absolute atomic E-state index is 12.8. The molecule has 0 aliphatic rings. The van der Waals surface area contributed by atoms with Gasteiger partial charge in [0.2, 0.25) is 5.91 Å². The molecule has 0 saturated heterocycles. The van der Waals surface area contributed by atoms with E-state index in [4.69, 9.17) is 0 Å². The number of hydrogen-bond donors (Lipinski definition) is 1. The Labute approximate surface area is 171 Å². The second-order valence-corrected chi connectivity index (χ2v) is 7.61. The number of imidazole rings is 1. The van der Waals surface area contributed by atoms with Crippen LogP contribution < -0.4 is 11.0 Å². The maximum Gasteiger partial charge on any atom is 0.329 e. The molecule has 3 aromatic rings. The normalized spacial score (nSPS) is 11.3. The molecule has 3 rings (SSSR count). The molecular weight excluding hydrogens is 364 g/mol. The summed E-state index contributed by atoms with van der Waals surface area (Å²) in [5.74, 6) is -0.0520. The van der Waals surface area contributed by atoms with E-state index in [1.807, 2.05) is 56.6 Å². The van der Waals surface area contributed by atoms with Crippen molar-refractivity contribution in [3.8, 4) is 0 Å². The van der Waals surface area contributed by atoms with E-state index in [2.05, 4.69) is 23.2 Å². The Kier molecular flexibility index (Phi) is 6.88. The van der Waals surface area contributed by atoms with Crippen molar-refractivity contribution in [3.63, 3.8) is 0 Å². The molecule has 1 aromatic heterocycles. The van der Waals surface area contributed by atoms with Crippen LogP contribution in [0, 0.1) is 0 Å². The Morgan fingerprint density at radius 2 is 1.52 bits per heavy atom. The van der Waals surface area contributed by atoms with E-state index < -0.39 is 0 Å². The third-order valence-electron chi connectivity index (χ3n) is 5.02. The predicted molar refractivity (Wildman–Crippen MR) is 117 cm³/mol. The van der Waals surface area contributed by atoms with Crippen molar-refractivity contribution in [1.29, 1.82) is 0 Å². The maximum atomic E-state index is 12.8. The lowest BCUT2D eigenvalue weighted by Crippen LogP contribution is -2.28. The Balaban J connectivity index is 1.67. The first-order chi connectivity index (χ1) is 14.0. The number of aromatic nitrogens is 2. The lowest BCUT2D eigenvalue weighted by Gasteiger charge is -2.14. The van der Waals surface area contributed by atoms with Gasteiger partial charge in [0.15, 0.2) is 0 Å². The highest BCUT2D eigenvalue weighted by molar-refractivity contribution is 5.78. The van der Waals surface area contributed by atoms with Gasteiger partial charge in [-0.2, -0.15) is 0 Å². The van der Waals surface area contributed by atoms with E-state index in [1.165, 1.54) is 5.56 Å². The summed E-state index contributed by atoms with van der Waals surface area (Å²) in [4.78, 5) is 27.4. The summed E-state index contributed by atoms with van der Waals surface area (Å²) in [7, 11) is 4.06. The highest BCUT2D eigenvalue weighted by Crippen LogP contribution is 2.14. The fraction of sp³-hybridized carbons (Fsp3) is 0.391. The molecule has 0 unspecified atom stereocenters. The molecule has 6 nitrogen and oxygen atoms in total. The summed E-state index contributed by atoms with van der Waals surface area (Å²) in [6, 6.07) is 15.9. The van der Waals surface area contributed by atoms with Gasteiger partial charge in [-0.1, -0.05) is 43.3 Å². The van der Waals surface area contributed by atoms with Crippen LogP contribution in [-0.4, -0.2) is 34.0 Å².